The molecule has 0 saturated heterocycles. The minimum Gasteiger partial charge on any atom is -0.463 e. The Morgan fingerprint density at radius 1 is 1.20 bits per heavy atom. The number of rotatable bonds is 3. The first-order valence-corrected chi connectivity index (χ1v) is 8.98. The summed E-state index contributed by atoms with van der Waals surface area (Å²) in [7, 11) is -2.17. The first-order chi connectivity index (χ1) is 11.9. The van der Waals surface area contributed by atoms with Crippen LogP contribution in [0.5, 0.6) is 0 Å². The number of hydrogen-bond donors (Lipinski definition) is 0. The maximum atomic E-state index is 11.4. The van der Waals surface area contributed by atoms with Crippen molar-refractivity contribution < 1.29 is 18.2 Å². The normalized spacial score (nSPS) is 15.5. The molecule has 0 fully saturated rings. The summed E-state index contributed by atoms with van der Waals surface area (Å²) in [6, 6.07) is 0. The molecule has 0 aromatic rings. The molecule has 0 aromatic carbocycles. The molecule has 2 aliphatic rings. The summed E-state index contributed by atoms with van der Waals surface area (Å²) in [6.07, 6.45) is 7.90. The number of nitrogens with zero attached hydrogens (tertiary/aromatic N) is 1. The average molecular weight is 353 g/mol. The molecule has 25 heavy (non-hydrogen) atoms. The second-order valence-electron chi connectivity index (χ2n) is 5.61. The Labute approximate surface area is 151 Å². The van der Waals surface area contributed by atoms with Crippen LogP contribution in [0.2, 0.25) is 6.82 Å². The first-order valence-electron chi connectivity index (χ1n) is 8.98. The second kappa shape index (κ2) is 12.6. The van der Waals surface area contributed by atoms with Gasteiger partial charge < -0.3 is 4.74 Å². The van der Waals surface area contributed by atoms with Crippen LogP contribution in [-0.4, -0.2) is 25.6 Å². The van der Waals surface area contributed by atoms with Crippen LogP contribution < -0.4 is 0 Å². The third-order valence-electron chi connectivity index (χ3n) is 3.43. The lowest BCUT2D eigenvalue weighted by Gasteiger charge is -2.14. The van der Waals surface area contributed by atoms with Gasteiger partial charge in [-0.2, -0.15) is 0 Å². The summed E-state index contributed by atoms with van der Waals surface area (Å²) in [5, 5.41) is 0. The number of ether oxygens (including phenoxy) is 1. The van der Waals surface area contributed by atoms with Gasteiger partial charge in [0.15, 0.2) is 0 Å². The predicted molar refractivity (Wildman–Crippen MR) is 102 cm³/mol. The number of carbonyl (C=O) groups is 1. The van der Waals surface area contributed by atoms with E-state index in [9.17, 15) is 13.4 Å². The highest BCUT2D eigenvalue weighted by atomic mass is 19.2. The van der Waals surface area contributed by atoms with E-state index in [1.54, 1.807) is 6.08 Å². The number of halogens is 2. The standard InChI is InChI=1S/C16H21NO2.C2H6.CH3BF2/c1-4-19-15(18)10-9-14-12-7-5-6-8-13(12)16(17-14)11(2)3;1-2;1-2(3)4/h9-10H,4-8H2,1-3H3;1-2H3;1H3/b10-9+;;. The molecule has 0 atom stereocenters. The highest BCUT2D eigenvalue weighted by Crippen LogP contribution is 2.37. The Kier molecular flexibility index (Phi) is 11.8. The van der Waals surface area contributed by atoms with Crippen molar-refractivity contribution in [3.8, 4) is 0 Å². The van der Waals surface area contributed by atoms with Gasteiger partial charge in [-0.15, -0.1) is 0 Å². The van der Waals surface area contributed by atoms with Crippen molar-refractivity contribution in [3.63, 3.8) is 0 Å². The van der Waals surface area contributed by atoms with Crippen molar-refractivity contribution in [2.45, 2.75) is 67.1 Å². The lowest BCUT2D eigenvalue weighted by Crippen LogP contribution is -2.05. The maximum Gasteiger partial charge on any atom is 0.535 e. The monoisotopic (exact) mass is 353 g/mol. The smallest absolute Gasteiger partial charge is 0.463 e. The van der Waals surface area contributed by atoms with Crippen molar-refractivity contribution >= 4 is 18.9 Å². The summed E-state index contributed by atoms with van der Waals surface area (Å²) in [5.74, 6) is -0.297. The van der Waals surface area contributed by atoms with Crippen molar-refractivity contribution in [2.75, 3.05) is 6.61 Å². The molecule has 0 spiro atoms. The van der Waals surface area contributed by atoms with Crippen LogP contribution in [0.15, 0.2) is 39.6 Å². The summed E-state index contributed by atoms with van der Waals surface area (Å²) < 4.78 is 25.6. The number of hydrogen-bond acceptors (Lipinski definition) is 3. The Bertz CT molecular complexity index is 557. The molecule has 140 valence electrons. The van der Waals surface area contributed by atoms with Gasteiger partial charge in [0.05, 0.1) is 18.0 Å². The molecule has 0 unspecified atom stereocenters. The zero-order chi connectivity index (χ0) is 19.4. The molecular weight excluding hydrogens is 323 g/mol. The van der Waals surface area contributed by atoms with Gasteiger partial charge in [-0.25, -0.2) is 9.79 Å². The highest BCUT2D eigenvalue weighted by molar-refractivity contribution is 6.40. The van der Waals surface area contributed by atoms with Crippen LogP contribution in [0.25, 0.3) is 0 Å². The molecule has 0 amide bonds. The van der Waals surface area contributed by atoms with Gasteiger partial charge in [-0.3, -0.25) is 8.63 Å². The van der Waals surface area contributed by atoms with Gasteiger partial charge in [0.1, 0.15) is 0 Å². The predicted octanol–water partition coefficient (Wildman–Crippen LogP) is 5.79. The fourth-order valence-corrected chi connectivity index (χ4v) is 2.59. The van der Waals surface area contributed by atoms with Crippen LogP contribution in [-0.2, 0) is 9.53 Å². The van der Waals surface area contributed by atoms with Gasteiger partial charge in [0.2, 0.25) is 0 Å². The fraction of sp³-hybridized carbons (Fsp3) is 0.579. The van der Waals surface area contributed by atoms with Crippen molar-refractivity contribution in [1.82, 2.24) is 0 Å². The lowest BCUT2D eigenvalue weighted by molar-refractivity contribution is -0.137. The molecule has 1 aliphatic carbocycles. The molecule has 1 heterocycles. The topological polar surface area (TPSA) is 38.7 Å². The van der Waals surface area contributed by atoms with E-state index in [-0.39, 0.29) is 5.97 Å². The minimum absolute atomic E-state index is 0.297. The molecule has 6 heteroatoms. The maximum absolute atomic E-state index is 11.4. The zero-order valence-corrected chi connectivity index (χ0v) is 16.3. The van der Waals surface area contributed by atoms with Crippen LogP contribution in [0.1, 0.15) is 60.3 Å². The van der Waals surface area contributed by atoms with Crippen molar-refractivity contribution in [2.24, 2.45) is 4.99 Å². The molecule has 0 saturated carbocycles. The molecule has 0 N–H and O–H groups in total. The first kappa shape index (κ1) is 23.3. The van der Waals surface area contributed by atoms with E-state index in [2.05, 4.69) is 13.8 Å². The average Bonchev–Trinajstić information content (AvgIpc) is 2.94. The zero-order valence-electron chi connectivity index (χ0n) is 16.3. The Balaban J connectivity index is 0.000000845. The Hall–Kier alpha value is -1.72. The summed E-state index contributed by atoms with van der Waals surface area (Å²) in [5.41, 5.74) is 6.02. The van der Waals surface area contributed by atoms with E-state index in [4.69, 9.17) is 9.73 Å². The molecule has 0 bridgehead atoms. The van der Waals surface area contributed by atoms with Gasteiger partial charge in [0, 0.05) is 6.08 Å². The van der Waals surface area contributed by atoms with E-state index >= 15 is 0 Å². The van der Waals surface area contributed by atoms with Crippen LogP contribution in [0.3, 0.4) is 0 Å². The van der Waals surface area contributed by atoms with Crippen LogP contribution in [0.4, 0.5) is 8.63 Å². The van der Waals surface area contributed by atoms with E-state index in [1.165, 1.54) is 35.6 Å². The van der Waals surface area contributed by atoms with Gasteiger partial charge in [0.25, 0.3) is 0 Å². The van der Waals surface area contributed by atoms with E-state index in [0.29, 0.717) is 6.61 Å². The molecule has 0 aromatic heterocycles. The quantitative estimate of drug-likeness (QED) is 0.366. The Morgan fingerprint density at radius 3 is 2.20 bits per heavy atom. The molecular formula is C19H30BF2NO2. The second-order valence-corrected chi connectivity index (χ2v) is 5.61. The van der Waals surface area contributed by atoms with Gasteiger partial charge >= 0.3 is 13.2 Å². The van der Waals surface area contributed by atoms with E-state index in [1.807, 2.05) is 20.8 Å². The number of aliphatic imine (C=N–C) groups is 1. The number of esters is 1. The SMILES string of the molecule is CB(F)F.CC.CCOC(=O)/C=C/C1=NC(=C(C)C)C2=C1CCCC2. The molecule has 0 radical (unpaired) electrons. The summed E-state index contributed by atoms with van der Waals surface area (Å²) in [4.78, 5) is 16.1. The molecule has 2 rings (SSSR count). The van der Waals surface area contributed by atoms with Crippen LogP contribution in [0, 0.1) is 0 Å². The van der Waals surface area contributed by atoms with Crippen molar-refractivity contribution in [1.29, 1.82) is 0 Å². The third-order valence-corrected chi connectivity index (χ3v) is 3.43. The van der Waals surface area contributed by atoms with Crippen LogP contribution >= 0.6 is 0 Å². The highest BCUT2D eigenvalue weighted by Gasteiger charge is 2.25. The van der Waals surface area contributed by atoms with Gasteiger partial charge in [-0.05, 0) is 70.5 Å². The van der Waals surface area contributed by atoms with Crippen molar-refractivity contribution in [3.05, 3.63) is 34.6 Å². The van der Waals surface area contributed by atoms with Gasteiger partial charge in [-0.1, -0.05) is 19.4 Å². The molecule has 3 nitrogen and oxygen atoms in total. The number of carbonyl (C=O) groups excluding carboxylic acids is 1. The summed E-state index contributed by atoms with van der Waals surface area (Å²) in [6.45, 7) is 11.2. The third kappa shape index (κ3) is 8.28. The number of allylic oxidation sites excluding steroid dienone is 4. The fourth-order valence-electron chi connectivity index (χ4n) is 2.59. The largest absolute Gasteiger partial charge is 0.535 e. The minimum atomic E-state index is -2.17. The lowest BCUT2D eigenvalue weighted by atomic mass is 9.89. The summed E-state index contributed by atoms with van der Waals surface area (Å²) >= 11 is 0. The van der Waals surface area contributed by atoms with E-state index < -0.39 is 7.27 Å². The Morgan fingerprint density at radius 2 is 1.72 bits per heavy atom. The molecule has 1 aliphatic heterocycles. The van der Waals surface area contributed by atoms with E-state index in [0.717, 1.165) is 31.1 Å².